The lowest BCUT2D eigenvalue weighted by atomic mass is 10.1. The lowest BCUT2D eigenvalue weighted by Gasteiger charge is -2.43. The van der Waals surface area contributed by atoms with Crippen molar-refractivity contribution >= 4 is 38.3 Å². The van der Waals surface area contributed by atoms with E-state index in [4.69, 9.17) is 4.74 Å². The van der Waals surface area contributed by atoms with E-state index in [-0.39, 0.29) is 34.5 Å². The number of rotatable bonds is 8. The minimum Gasteiger partial charge on any atom is -0.382 e. The molecule has 4 aromatic rings. The summed E-state index contributed by atoms with van der Waals surface area (Å²) in [6.07, 6.45) is 6.65. The summed E-state index contributed by atoms with van der Waals surface area (Å²) in [5.41, 5.74) is 1.61. The lowest BCUT2D eigenvalue weighted by Crippen LogP contribution is -2.59. The Kier molecular flexibility index (Phi) is 7.21. The van der Waals surface area contributed by atoms with Gasteiger partial charge in [-0.1, -0.05) is 0 Å². The molecule has 2 fully saturated rings. The number of fused-ring (bicyclic) bond motifs is 3. The number of ether oxygens (including phenoxy) is 1. The Balaban J connectivity index is 1.54. The summed E-state index contributed by atoms with van der Waals surface area (Å²) < 4.78 is 40.7. The van der Waals surface area contributed by atoms with Crippen LogP contribution in [0.15, 0.2) is 46.5 Å². The number of amides is 2. The van der Waals surface area contributed by atoms with Crippen LogP contribution in [0, 0.1) is 0 Å². The highest BCUT2D eigenvalue weighted by molar-refractivity contribution is 7.89. The minimum atomic E-state index is -3.96. The lowest BCUT2D eigenvalue weighted by molar-refractivity contribution is 0.0863. The first kappa shape index (κ1) is 29.1. The zero-order valence-corrected chi connectivity index (χ0v) is 25.8. The molecule has 1 aromatic carbocycles. The van der Waals surface area contributed by atoms with E-state index in [1.807, 2.05) is 18.0 Å². The highest BCUT2D eigenvalue weighted by Crippen LogP contribution is 2.37. The summed E-state index contributed by atoms with van der Waals surface area (Å²) >= 11 is 0. The summed E-state index contributed by atoms with van der Waals surface area (Å²) in [5, 5.41) is 9.04. The average Bonchev–Trinajstić information content (AvgIpc) is 3.31. The zero-order valence-electron chi connectivity index (χ0n) is 25.0. The maximum atomic E-state index is 14.2. The van der Waals surface area contributed by atoms with E-state index in [1.165, 1.54) is 11.0 Å². The molecule has 1 unspecified atom stereocenters. The maximum absolute atomic E-state index is 14.2. The summed E-state index contributed by atoms with van der Waals surface area (Å²) in [7, 11) is 2.85. The van der Waals surface area contributed by atoms with Crippen molar-refractivity contribution < 1.29 is 17.9 Å². The fraction of sp³-hybridized carbons (Fsp3) is 0.500. The summed E-state index contributed by atoms with van der Waals surface area (Å²) in [6, 6.07) is 4.41. The monoisotopic (exact) mass is 611 g/mol. The molecular weight excluding hydrogens is 574 g/mol. The number of nitrogens with zero attached hydrogens (tertiary/aromatic N) is 8. The standard InChI is InChI=1S/C28H37N9O5S/c1-28(7-8-28)31-43(40,41)21-12-22-25(23(13-21)34-10-11-35(27(39)32(2)3)20(17-34)18-42-5)37-24(6-9-29-37)36(26(22)38)16-19-14-30-33(4)15-19/h6,9,12-15,20,31H,7-8,10-11,16-18H2,1-5H3. The number of hydrogen-bond donors (Lipinski definition) is 1. The molecule has 1 N–H and O–H groups in total. The molecule has 0 radical (unpaired) electrons. The van der Waals surface area contributed by atoms with E-state index in [9.17, 15) is 18.0 Å². The smallest absolute Gasteiger partial charge is 0.319 e. The van der Waals surface area contributed by atoms with Crippen LogP contribution in [0.1, 0.15) is 25.3 Å². The number of benzene rings is 1. The molecule has 15 heteroatoms. The molecule has 43 heavy (non-hydrogen) atoms. The third-order valence-electron chi connectivity index (χ3n) is 8.25. The van der Waals surface area contributed by atoms with Gasteiger partial charge in [0.05, 0.1) is 47.6 Å². The van der Waals surface area contributed by atoms with Gasteiger partial charge in [0, 0.05) is 71.3 Å². The molecule has 1 atom stereocenters. The van der Waals surface area contributed by atoms with E-state index in [0.717, 1.165) is 18.4 Å². The van der Waals surface area contributed by atoms with Crippen LogP contribution in [0.25, 0.3) is 16.6 Å². The molecule has 2 aliphatic rings. The largest absolute Gasteiger partial charge is 0.382 e. The number of aromatic nitrogens is 5. The number of nitrogens with one attached hydrogen (secondary N) is 1. The number of hydrogen-bond acceptors (Lipinski definition) is 8. The quantitative estimate of drug-likeness (QED) is 0.312. The highest BCUT2D eigenvalue weighted by Gasteiger charge is 2.42. The number of sulfonamides is 1. The maximum Gasteiger partial charge on any atom is 0.319 e. The summed E-state index contributed by atoms with van der Waals surface area (Å²) in [4.78, 5) is 32.5. The highest BCUT2D eigenvalue weighted by atomic mass is 32.2. The first-order chi connectivity index (χ1) is 20.4. The number of piperazine rings is 1. The van der Waals surface area contributed by atoms with Gasteiger partial charge in [-0.05, 0) is 31.9 Å². The number of methoxy groups -OCH3 is 1. The van der Waals surface area contributed by atoms with Crippen LogP contribution in [0.5, 0.6) is 0 Å². The van der Waals surface area contributed by atoms with Gasteiger partial charge in [-0.25, -0.2) is 22.4 Å². The van der Waals surface area contributed by atoms with E-state index in [1.54, 1.807) is 71.4 Å². The molecular formula is C28H37N9O5S. The van der Waals surface area contributed by atoms with Crippen molar-refractivity contribution in [3.63, 3.8) is 0 Å². The topological polar surface area (TPSA) is 139 Å². The third kappa shape index (κ3) is 5.36. The molecule has 6 rings (SSSR count). The van der Waals surface area contributed by atoms with E-state index >= 15 is 0 Å². The first-order valence-corrected chi connectivity index (χ1v) is 15.7. The van der Waals surface area contributed by atoms with Crippen molar-refractivity contribution in [2.24, 2.45) is 7.05 Å². The predicted octanol–water partition coefficient (Wildman–Crippen LogP) is 1.08. The van der Waals surface area contributed by atoms with Crippen LogP contribution in [-0.4, -0.2) is 107 Å². The summed E-state index contributed by atoms with van der Waals surface area (Å²) in [6.45, 7) is 3.59. The predicted molar refractivity (Wildman–Crippen MR) is 161 cm³/mol. The molecule has 0 spiro atoms. The van der Waals surface area contributed by atoms with Crippen LogP contribution in [0.4, 0.5) is 10.5 Å². The van der Waals surface area contributed by atoms with Gasteiger partial charge in [0.15, 0.2) is 0 Å². The Morgan fingerprint density at radius 1 is 1.21 bits per heavy atom. The van der Waals surface area contributed by atoms with Crippen LogP contribution in [0.2, 0.25) is 0 Å². The van der Waals surface area contributed by atoms with Gasteiger partial charge < -0.3 is 19.4 Å². The fourth-order valence-corrected chi connectivity index (χ4v) is 7.29. The second-order valence-electron chi connectivity index (χ2n) is 11.9. The third-order valence-corrected chi connectivity index (χ3v) is 9.87. The van der Waals surface area contributed by atoms with E-state index in [0.29, 0.717) is 43.1 Å². The molecule has 2 amide bonds. The van der Waals surface area contributed by atoms with E-state index in [2.05, 4.69) is 14.9 Å². The van der Waals surface area contributed by atoms with Gasteiger partial charge >= 0.3 is 6.03 Å². The molecule has 1 saturated heterocycles. The molecule has 230 valence electrons. The number of carbonyl (C=O) groups is 1. The molecule has 14 nitrogen and oxygen atoms in total. The Hall–Kier alpha value is -3.95. The van der Waals surface area contributed by atoms with Crippen LogP contribution >= 0.6 is 0 Å². The SMILES string of the molecule is COCC1CN(c2cc(S(=O)(=O)NC3(C)CC3)cc3c(=O)n(Cc4cnn(C)c4)c4ccnn4c23)CCN1C(=O)N(C)C. The Morgan fingerprint density at radius 2 is 1.98 bits per heavy atom. The van der Waals surface area contributed by atoms with Gasteiger partial charge in [-0.3, -0.25) is 14.0 Å². The number of aryl methyl sites for hydroxylation is 1. The second kappa shape index (κ2) is 10.6. The van der Waals surface area contributed by atoms with Crippen molar-refractivity contribution in [2.75, 3.05) is 52.3 Å². The average molecular weight is 612 g/mol. The van der Waals surface area contributed by atoms with Gasteiger partial charge in [0.25, 0.3) is 5.56 Å². The first-order valence-electron chi connectivity index (χ1n) is 14.2. The molecule has 4 heterocycles. The van der Waals surface area contributed by atoms with Gasteiger partial charge in [-0.2, -0.15) is 10.2 Å². The molecule has 1 aliphatic carbocycles. The van der Waals surface area contributed by atoms with Gasteiger partial charge in [-0.15, -0.1) is 0 Å². The Bertz CT molecular complexity index is 1870. The normalized spacial score (nSPS) is 18.5. The fourth-order valence-electron chi connectivity index (χ4n) is 5.78. The van der Waals surface area contributed by atoms with Gasteiger partial charge in [0.1, 0.15) is 11.2 Å². The zero-order chi connectivity index (χ0) is 30.7. The molecule has 1 aliphatic heterocycles. The second-order valence-corrected chi connectivity index (χ2v) is 13.6. The Morgan fingerprint density at radius 3 is 2.63 bits per heavy atom. The van der Waals surface area contributed by atoms with Crippen molar-refractivity contribution in [2.45, 2.75) is 42.8 Å². The molecule has 0 bridgehead atoms. The minimum absolute atomic E-state index is 0.00903. The van der Waals surface area contributed by atoms with Crippen LogP contribution in [-0.2, 0) is 28.4 Å². The Labute approximate surface area is 249 Å². The van der Waals surface area contributed by atoms with E-state index < -0.39 is 15.6 Å². The van der Waals surface area contributed by atoms with Gasteiger partial charge in [0.2, 0.25) is 10.0 Å². The number of carbonyl (C=O) groups excluding carboxylic acids is 1. The van der Waals surface area contributed by atoms with Crippen molar-refractivity contribution in [3.05, 3.63) is 52.7 Å². The number of anilines is 1. The van der Waals surface area contributed by atoms with Crippen LogP contribution in [0.3, 0.4) is 0 Å². The van der Waals surface area contributed by atoms with Crippen LogP contribution < -0.4 is 15.2 Å². The molecule has 3 aromatic heterocycles. The summed E-state index contributed by atoms with van der Waals surface area (Å²) in [5.74, 6) is 0. The van der Waals surface area contributed by atoms with Crippen molar-refractivity contribution in [1.82, 2.24) is 38.5 Å². The van der Waals surface area contributed by atoms with Crippen molar-refractivity contribution in [1.29, 1.82) is 0 Å². The number of urea groups is 1. The van der Waals surface area contributed by atoms with Crippen molar-refractivity contribution in [3.8, 4) is 0 Å². The molecule has 1 saturated carbocycles.